The van der Waals surface area contributed by atoms with Crippen LogP contribution in [0.15, 0.2) is 12.2 Å². The Morgan fingerprint density at radius 2 is 1.75 bits per heavy atom. The molecule has 0 amide bonds. The highest BCUT2D eigenvalue weighted by Gasteiger charge is 2.41. The number of carboxylic acids is 1. The monoisotopic (exact) mass is 226 g/mol. The van der Waals surface area contributed by atoms with Gasteiger partial charge in [-0.15, -0.1) is 0 Å². The lowest BCUT2D eigenvalue weighted by atomic mass is 9.67. The van der Waals surface area contributed by atoms with Crippen molar-refractivity contribution >= 4 is 5.97 Å². The molecule has 3 heteroatoms. The first-order valence-corrected chi connectivity index (χ1v) is 5.82. The molecule has 0 spiro atoms. The van der Waals surface area contributed by atoms with Gasteiger partial charge in [0, 0.05) is 0 Å². The van der Waals surface area contributed by atoms with Crippen LogP contribution in [0.2, 0.25) is 0 Å². The van der Waals surface area contributed by atoms with E-state index in [2.05, 4.69) is 27.4 Å². The number of carboxylic acid groups (broad SMARTS) is 1. The molecule has 0 aromatic rings. The highest BCUT2D eigenvalue weighted by Crippen LogP contribution is 2.43. The van der Waals surface area contributed by atoms with Crippen molar-refractivity contribution < 1.29 is 15.0 Å². The molecular formula is C13H22O3. The summed E-state index contributed by atoms with van der Waals surface area (Å²) in [6.45, 7) is 10.1. The molecule has 2 N–H and O–H groups in total. The predicted molar refractivity (Wildman–Crippen MR) is 63.1 cm³/mol. The van der Waals surface area contributed by atoms with Crippen LogP contribution in [0, 0.1) is 11.3 Å². The summed E-state index contributed by atoms with van der Waals surface area (Å²) in [5.41, 5.74) is -1.01. The molecule has 1 rings (SSSR count). The first-order chi connectivity index (χ1) is 7.17. The van der Waals surface area contributed by atoms with Crippen molar-refractivity contribution in [3.8, 4) is 0 Å². The molecule has 0 heterocycles. The molecule has 0 aromatic carbocycles. The summed E-state index contributed by atoms with van der Waals surface area (Å²) in [4.78, 5) is 10.8. The SMILES string of the molecule is C=C(C(=O)O)C1(O)CCC(C(C)(C)C)CC1. The second-order valence-electron chi connectivity index (χ2n) is 5.96. The van der Waals surface area contributed by atoms with Crippen LogP contribution in [-0.2, 0) is 4.79 Å². The first-order valence-electron chi connectivity index (χ1n) is 5.82. The first kappa shape index (κ1) is 13.2. The lowest BCUT2D eigenvalue weighted by molar-refractivity contribution is -0.136. The van der Waals surface area contributed by atoms with Gasteiger partial charge in [0.05, 0.1) is 11.2 Å². The molecule has 3 nitrogen and oxygen atoms in total. The highest BCUT2D eigenvalue weighted by atomic mass is 16.4. The third-order valence-electron chi connectivity index (χ3n) is 3.86. The topological polar surface area (TPSA) is 57.5 Å². The van der Waals surface area contributed by atoms with Gasteiger partial charge in [-0.1, -0.05) is 27.4 Å². The standard InChI is InChI=1S/C13H22O3/c1-9(11(14)15)13(16)7-5-10(6-8-13)12(2,3)4/h10,16H,1,5-8H2,2-4H3,(H,14,15). The molecule has 16 heavy (non-hydrogen) atoms. The van der Waals surface area contributed by atoms with Crippen molar-refractivity contribution in [3.63, 3.8) is 0 Å². The molecule has 0 atom stereocenters. The summed E-state index contributed by atoms with van der Waals surface area (Å²) >= 11 is 0. The zero-order valence-electron chi connectivity index (χ0n) is 10.4. The summed E-state index contributed by atoms with van der Waals surface area (Å²) in [5.74, 6) is -0.536. The van der Waals surface area contributed by atoms with Crippen LogP contribution < -0.4 is 0 Å². The molecule has 0 bridgehead atoms. The van der Waals surface area contributed by atoms with Crippen molar-refractivity contribution in [1.29, 1.82) is 0 Å². The van der Waals surface area contributed by atoms with Crippen LogP contribution in [0.4, 0.5) is 0 Å². The highest BCUT2D eigenvalue weighted by molar-refractivity contribution is 5.88. The van der Waals surface area contributed by atoms with E-state index in [1.165, 1.54) is 0 Å². The third kappa shape index (κ3) is 2.64. The van der Waals surface area contributed by atoms with Gasteiger partial charge in [-0.25, -0.2) is 4.79 Å². The van der Waals surface area contributed by atoms with Crippen molar-refractivity contribution in [2.45, 2.75) is 52.1 Å². The van der Waals surface area contributed by atoms with E-state index in [1.807, 2.05) is 0 Å². The Morgan fingerprint density at radius 3 is 2.06 bits per heavy atom. The minimum absolute atomic E-state index is 0.0557. The number of rotatable bonds is 2. The average molecular weight is 226 g/mol. The van der Waals surface area contributed by atoms with Crippen LogP contribution in [0.1, 0.15) is 46.5 Å². The van der Waals surface area contributed by atoms with Crippen molar-refractivity contribution in [2.75, 3.05) is 0 Å². The maximum absolute atomic E-state index is 10.8. The fourth-order valence-corrected chi connectivity index (χ4v) is 2.46. The van der Waals surface area contributed by atoms with Crippen molar-refractivity contribution in [1.82, 2.24) is 0 Å². The van der Waals surface area contributed by atoms with E-state index in [0.717, 1.165) is 12.8 Å². The quantitative estimate of drug-likeness (QED) is 0.711. The van der Waals surface area contributed by atoms with Gasteiger partial charge in [-0.2, -0.15) is 0 Å². The third-order valence-corrected chi connectivity index (χ3v) is 3.86. The zero-order chi connectivity index (χ0) is 12.6. The van der Waals surface area contributed by atoms with E-state index in [-0.39, 0.29) is 11.0 Å². The second-order valence-corrected chi connectivity index (χ2v) is 5.96. The summed E-state index contributed by atoms with van der Waals surface area (Å²) in [6, 6.07) is 0. The van der Waals surface area contributed by atoms with E-state index in [9.17, 15) is 9.90 Å². The number of hydrogen-bond acceptors (Lipinski definition) is 2. The predicted octanol–water partition coefficient (Wildman–Crippen LogP) is 2.59. The van der Waals surface area contributed by atoms with Gasteiger partial charge >= 0.3 is 5.97 Å². The number of aliphatic hydroxyl groups is 1. The molecule has 0 radical (unpaired) electrons. The normalized spacial score (nSPS) is 31.1. The Hall–Kier alpha value is -0.830. The van der Waals surface area contributed by atoms with Crippen LogP contribution >= 0.6 is 0 Å². The fraction of sp³-hybridized carbons (Fsp3) is 0.769. The number of carbonyl (C=O) groups is 1. The molecule has 0 saturated heterocycles. The van der Waals surface area contributed by atoms with E-state index < -0.39 is 11.6 Å². The van der Waals surface area contributed by atoms with Crippen LogP contribution in [-0.4, -0.2) is 21.8 Å². The zero-order valence-corrected chi connectivity index (χ0v) is 10.4. The van der Waals surface area contributed by atoms with Gasteiger partial charge in [0.1, 0.15) is 0 Å². The molecule has 0 aliphatic heterocycles. The van der Waals surface area contributed by atoms with Crippen molar-refractivity contribution in [2.24, 2.45) is 11.3 Å². The average Bonchev–Trinajstić information content (AvgIpc) is 2.15. The summed E-state index contributed by atoms with van der Waals surface area (Å²) in [5, 5.41) is 19.1. The molecule has 1 aliphatic rings. The largest absolute Gasteiger partial charge is 0.478 e. The van der Waals surface area contributed by atoms with Crippen molar-refractivity contribution in [3.05, 3.63) is 12.2 Å². The molecule has 1 saturated carbocycles. The van der Waals surface area contributed by atoms with Gasteiger partial charge in [0.2, 0.25) is 0 Å². The maximum Gasteiger partial charge on any atom is 0.333 e. The van der Waals surface area contributed by atoms with E-state index in [4.69, 9.17) is 5.11 Å². The maximum atomic E-state index is 10.8. The van der Waals surface area contributed by atoms with Gasteiger partial charge in [-0.3, -0.25) is 0 Å². The molecule has 1 fully saturated rings. The van der Waals surface area contributed by atoms with Crippen LogP contribution in [0.25, 0.3) is 0 Å². The fourth-order valence-electron chi connectivity index (χ4n) is 2.46. The molecular weight excluding hydrogens is 204 g/mol. The Labute approximate surface area is 97.2 Å². The Balaban J connectivity index is 2.67. The molecule has 92 valence electrons. The lowest BCUT2D eigenvalue weighted by Gasteiger charge is -2.41. The van der Waals surface area contributed by atoms with E-state index >= 15 is 0 Å². The number of aliphatic carboxylic acids is 1. The summed E-state index contributed by atoms with van der Waals surface area (Å²) in [6.07, 6.45) is 2.76. The van der Waals surface area contributed by atoms with Crippen LogP contribution in [0.3, 0.4) is 0 Å². The van der Waals surface area contributed by atoms with Gasteiger partial charge in [-0.05, 0) is 37.0 Å². The molecule has 0 aromatic heterocycles. The molecule has 1 aliphatic carbocycles. The smallest absolute Gasteiger partial charge is 0.333 e. The van der Waals surface area contributed by atoms with Gasteiger partial charge in [0.15, 0.2) is 0 Å². The molecule has 0 unspecified atom stereocenters. The van der Waals surface area contributed by atoms with Gasteiger partial charge in [0.25, 0.3) is 0 Å². The number of hydrogen-bond donors (Lipinski definition) is 2. The second kappa shape index (κ2) is 4.21. The lowest BCUT2D eigenvalue weighted by Crippen LogP contribution is -2.40. The Kier molecular flexibility index (Phi) is 3.48. The van der Waals surface area contributed by atoms with Crippen LogP contribution in [0.5, 0.6) is 0 Å². The van der Waals surface area contributed by atoms with Gasteiger partial charge < -0.3 is 10.2 Å². The minimum Gasteiger partial charge on any atom is -0.478 e. The minimum atomic E-state index is -1.19. The summed E-state index contributed by atoms with van der Waals surface area (Å²) < 4.78 is 0. The summed E-state index contributed by atoms with van der Waals surface area (Å²) in [7, 11) is 0. The van der Waals surface area contributed by atoms with E-state index in [1.54, 1.807) is 0 Å². The van der Waals surface area contributed by atoms with E-state index in [0.29, 0.717) is 18.8 Å². The Morgan fingerprint density at radius 1 is 1.31 bits per heavy atom. The Bertz CT molecular complexity index is 291.